The molecule has 0 saturated carbocycles. The van der Waals surface area contributed by atoms with Gasteiger partial charge in [0.2, 0.25) is 5.51 Å². The Morgan fingerprint density at radius 2 is 2.06 bits per heavy atom. The Morgan fingerprint density at radius 3 is 2.56 bits per heavy atom. The van der Waals surface area contributed by atoms with Gasteiger partial charge >= 0.3 is 0 Å². The van der Waals surface area contributed by atoms with Gasteiger partial charge in [0.25, 0.3) is 5.69 Å². The lowest BCUT2D eigenvalue weighted by atomic mass is 10.2. The third kappa shape index (κ3) is 2.25. The Morgan fingerprint density at radius 1 is 1.38 bits per heavy atom. The van der Waals surface area contributed by atoms with Gasteiger partial charge in [0.05, 0.1) is 10.3 Å². The minimum Gasteiger partial charge on any atom is -0.258 e. The maximum Gasteiger partial charge on any atom is 0.269 e. The van der Waals surface area contributed by atoms with E-state index in [0.717, 1.165) is 12.1 Å². The van der Waals surface area contributed by atoms with Gasteiger partial charge in [-0.25, -0.2) is 0 Å². The topological polar surface area (TPSA) is 47.0 Å². The molecule has 2 rings (SSSR count). The molecule has 16 heavy (non-hydrogen) atoms. The summed E-state index contributed by atoms with van der Waals surface area (Å²) in [4.78, 5) is 10.1. The summed E-state index contributed by atoms with van der Waals surface area (Å²) >= 11 is 1.65. The van der Waals surface area contributed by atoms with Crippen molar-refractivity contribution in [3.63, 3.8) is 0 Å². The van der Waals surface area contributed by atoms with Crippen LogP contribution in [0, 0.1) is 17.0 Å². The van der Waals surface area contributed by atoms with E-state index in [1.54, 1.807) is 23.5 Å². The highest BCUT2D eigenvalue weighted by Crippen LogP contribution is 2.12. The molecular weight excluding hydrogens is 224 g/mol. The van der Waals surface area contributed by atoms with Gasteiger partial charge in [0.15, 0.2) is 12.2 Å². The molecule has 1 aromatic heterocycles. The first kappa shape index (κ1) is 10.8. The standard InChI is InChI=1S/C11H11N2O2S/c1-9-7-16-8-12(9)6-10-2-4-11(5-3-10)13(14)15/h2-5,7-8H,6H2,1H3/q+1. The fourth-order valence-electron chi connectivity index (χ4n) is 1.43. The number of rotatable bonds is 3. The molecule has 0 atom stereocenters. The van der Waals surface area contributed by atoms with Crippen LogP contribution in [-0.2, 0) is 6.54 Å². The Hall–Kier alpha value is -1.75. The second-order valence-electron chi connectivity index (χ2n) is 3.55. The summed E-state index contributed by atoms with van der Waals surface area (Å²) in [5.41, 5.74) is 4.44. The smallest absolute Gasteiger partial charge is 0.258 e. The number of aryl methyl sites for hydroxylation is 1. The van der Waals surface area contributed by atoms with Gasteiger partial charge < -0.3 is 0 Å². The molecule has 0 unspecified atom stereocenters. The number of aromatic nitrogens is 1. The van der Waals surface area contributed by atoms with Crippen molar-refractivity contribution < 1.29 is 9.49 Å². The van der Waals surface area contributed by atoms with E-state index in [9.17, 15) is 10.1 Å². The van der Waals surface area contributed by atoms with Crippen molar-refractivity contribution in [3.05, 3.63) is 56.5 Å². The molecule has 0 bridgehead atoms. The summed E-state index contributed by atoms with van der Waals surface area (Å²) < 4.78 is 2.12. The van der Waals surface area contributed by atoms with Crippen LogP contribution < -0.4 is 4.57 Å². The van der Waals surface area contributed by atoms with Crippen LogP contribution in [0.3, 0.4) is 0 Å². The van der Waals surface area contributed by atoms with E-state index >= 15 is 0 Å². The number of thiazole rings is 1. The van der Waals surface area contributed by atoms with Crippen molar-refractivity contribution >= 4 is 17.0 Å². The Bertz CT molecular complexity index is 505. The molecule has 0 amide bonds. The predicted octanol–water partition coefficient (Wildman–Crippen LogP) is 2.30. The maximum atomic E-state index is 10.5. The third-order valence-electron chi connectivity index (χ3n) is 2.38. The number of benzene rings is 1. The molecule has 0 aliphatic rings. The van der Waals surface area contributed by atoms with Crippen molar-refractivity contribution in [2.45, 2.75) is 13.5 Å². The van der Waals surface area contributed by atoms with Gasteiger partial charge in [-0.2, -0.15) is 4.57 Å². The first-order valence-electron chi connectivity index (χ1n) is 4.82. The molecule has 0 saturated heterocycles. The van der Waals surface area contributed by atoms with Gasteiger partial charge in [-0.1, -0.05) is 11.3 Å². The van der Waals surface area contributed by atoms with Gasteiger partial charge in [-0.15, -0.1) is 0 Å². The van der Waals surface area contributed by atoms with Gasteiger partial charge in [0, 0.05) is 24.6 Å². The second-order valence-corrected chi connectivity index (χ2v) is 4.27. The Labute approximate surface area is 96.9 Å². The van der Waals surface area contributed by atoms with E-state index < -0.39 is 0 Å². The summed E-state index contributed by atoms with van der Waals surface area (Å²) in [6.07, 6.45) is 0. The molecule has 0 aliphatic carbocycles. The molecule has 0 radical (unpaired) electrons. The van der Waals surface area contributed by atoms with E-state index in [1.807, 2.05) is 12.4 Å². The van der Waals surface area contributed by atoms with Crippen LogP contribution in [0.4, 0.5) is 5.69 Å². The molecule has 0 fully saturated rings. The zero-order valence-corrected chi connectivity index (χ0v) is 9.61. The molecular formula is C11H11N2O2S+. The van der Waals surface area contributed by atoms with Gasteiger partial charge in [0.1, 0.15) is 0 Å². The van der Waals surface area contributed by atoms with Crippen molar-refractivity contribution in [2.24, 2.45) is 0 Å². The average Bonchev–Trinajstić information content (AvgIpc) is 2.65. The lowest BCUT2D eigenvalue weighted by Crippen LogP contribution is -2.34. The number of hydrogen-bond donors (Lipinski definition) is 0. The summed E-state index contributed by atoms with van der Waals surface area (Å²) in [5, 5.41) is 12.6. The van der Waals surface area contributed by atoms with Crippen LogP contribution in [0.2, 0.25) is 0 Å². The minimum absolute atomic E-state index is 0.135. The molecule has 1 aromatic carbocycles. The number of nitro groups is 1. The van der Waals surface area contributed by atoms with E-state index in [0.29, 0.717) is 0 Å². The highest BCUT2D eigenvalue weighted by molar-refractivity contribution is 7.07. The molecule has 5 heteroatoms. The normalized spacial score (nSPS) is 10.3. The number of nitrogens with zero attached hydrogens (tertiary/aromatic N) is 2. The SMILES string of the molecule is Cc1csc[n+]1Cc1ccc([N+](=O)[O-])cc1. The summed E-state index contributed by atoms with van der Waals surface area (Å²) in [5.74, 6) is 0. The van der Waals surface area contributed by atoms with Crippen molar-refractivity contribution in [2.75, 3.05) is 0 Å². The van der Waals surface area contributed by atoms with E-state index in [2.05, 4.69) is 9.95 Å². The zero-order chi connectivity index (χ0) is 11.5. The van der Waals surface area contributed by atoms with E-state index in [1.165, 1.54) is 17.8 Å². The molecule has 0 N–H and O–H groups in total. The van der Waals surface area contributed by atoms with Gasteiger partial charge in [-0.05, 0) is 12.1 Å². The largest absolute Gasteiger partial charge is 0.269 e. The number of non-ortho nitro benzene ring substituents is 1. The molecule has 0 spiro atoms. The second kappa shape index (κ2) is 4.40. The first-order valence-corrected chi connectivity index (χ1v) is 5.76. The fourth-order valence-corrected chi connectivity index (χ4v) is 2.22. The fraction of sp³-hybridized carbons (Fsp3) is 0.182. The predicted molar refractivity (Wildman–Crippen MR) is 61.4 cm³/mol. The highest BCUT2D eigenvalue weighted by atomic mass is 32.1. The van der Waals surface area contributed by atoms with Crippen molar-refractivity contribution in [3.8, 4) is 0 Å². The van der Waals surface area contributed by atoms with E-state index in [-0.39, 0.29) is 10.6 Å². The average molecular weight is 235 g/mol. The molecule has 2 aromatic rings. The summed E-state index contributed by atoms with van der Waals surface area (Å²) in [6, 6.07) is 6.67. The van der Waals surface area contributed by atoms with Crippen LogP contribution in [-0.4, -0.2) is 4.92 Å². The lowest BCUT2D eigenvalue weighted by molar-refractivity contribution is -0.689. The first-order chi connectivity index (χ1) is 7.66. The molecule has 0 aliphatic heterocycles. The van der Waals surface area contributed by atoms with Crippen molar-refractivity contribution in [1.82, 2.24) is 0 Å². The molecule has 1 heterocycles. The van der Waals surface area contributed by atoms with Crippen LogP contribution in [0.15, 0.2) is 35.2 Å². The summed E-state index contributed by atoms with van der Waals surface area (Å²) in [7, 11) is 0. The maximum absolute atomic E-state index is 10.5. The highest BCUT2D eigenvalue weighted by Gasteiger charge is 2.09. The third-order valence-corrected chi connectivity index (χ3v) is 3.23. The van der Waals surface area contributed by atoms with Crippen LogP contribution in [0.5, 0.6) is 0 Å². The van der Waals surface area contributed by atoms with Crippen LogP contribution in [0.1, 0.15) is 11.3 Å². The quantitative estimate of drug-likeness (QED) is 0.465. The van der Waals surface area contributed by atoms with Crippen LogP contribution in [0.25, 0.3) is 0 Å². The van der Waals surface area contributed by atoms with Crippen molar-refractivity contribution in [1.29, 1.82) is 0 Å². The number of nitro benzene ring substituents is 1. The Balaban J connectivity index is 2.17. The van der Waals surface area contributed by atoms with E-state index in [4.69, 9.17) is 0 Å². The molecule has 82 valence electrons. The monoisotopic (exact) mass is 235 g/mol. The molecule has 4 nitrogen and oxygen atoms in total. The van der Waals surface area contributed by atoms with Gasteiger partial charge in [-0.3, -0.25) is 10.1 Å². The number of hydrogen-bond acceptors (Lipinski definition) is 3. The lowest BCUT2D eigenvalue weighted by Gasteiger charge is -1.96. The Kier molecular flexibility index (Phi) is 2.96. The zero-order valence-electron chi connectivity index (χ0n) is 8.79. The summed E-state index contributed by atoms with van der Waals surface area (Å²) in [6.45, 7) is 2.80. The van der Waals surface area contributed by atoms with Crippen LogP contribution >= 0.6 is 11.3 Å². The minimum atomic E-state index is -0.382.